The fraction of sp³-hybridized carbons (Fsp3) is 0.471. The minimum absolute atomic E-state index is 0.159. The molecule has 2 aromatic rings. The fourth-order valence-electron chi connectivity index (χ4n) is 3.79. The average molecular weight is 300 g/mol. The number of benzene rings is 1. The van der Waals surface area contributed by atoms with Crippen LogP contribution in [-0.4, -0.2) is 45.2 Å². The minimum Gasteiger partial charge on any atom is -0.296 e. The molecule has 1 spiro atoms. The van der Waals surface area contributed by atoms with Crippen LogP contribution in [0, 0.1) is 5.82 Å². The van der Waals surface area contributed by atoms with Crippen LogP contribution in [0.1, 0.15) is 24.1 Å². The molecule has 2 aliphatic rings. The first-order valence-electron chi connectivity index (χ1n) is 7.94. The van der Waals surface area contributed by atoms with E-state index >= 15 is 0 Å². The summed E-state index contributed by atoms with van der Waals surface area (Å²) >= 11 is 0. The molecular formula is C17H21FN4. The Hall–Kier alpha value is -1.72. The molecule has 1 aromatic carbocycles. The van der Waals surface area contributed by atoms with Crippen molar-refractivity contribution < 1.29 is 4.39 Å². The van der Waals surface area contributed by atoms with Crippen molar-refractivity contribution in [3.8, 4) is 0 Å². The molecule has 22 heavy (non-hydrogen) atoms. The van der Waals surface area contributed by atoms with Gasteiger partial charge in [-0.15, -0.1) is 0 Å². The van der Waals surface area contributed by atoms with E-state index in [1.807, 2.05) is 24.4 Å². The van der Waals surface area contributed by atoms with Gasteiger partial charge in [0.15, 0.2) is 0 Å². The molecule has 0 saturated carbocycles. The summed E-state index contributed by atoms with van der Waals surface area (Å²) in [5.41, 5.74) is 2.71. The Morgan fingerprint density at radius 1 is 1.09 bits per heavy atom. The monoisotopic (exact) mass is 300 g/mol. The van der Waals surface area contributed by atoms with Crippen LogP contribution in [0.4, 0.5) is 4.39 Å². The number of hydrogen-bond acceptors (Lipinski definition) is 3. The van der Waals surface area contributed by atoms with Crippen molar-refractivity contribution in [3.05, 3.63) is 53.6 Å². The SMILES string of the molecule is Fc1ccc(CN2CC[C@]23CCN(Cc2ccn[nH]2)C3)cc1. The standard InChI is InChI=1S/C17H21FN4/c18-15-3-1-14(2-4-15)11-22-10-7-17(22)6-9-21(13-17)12-16-5-8-19-20-16/h1-5,8H,6-7,9-13H2,(H,19,20)/t17-/m0/s1. The summed E-state index contributed by atoms with van der Waals surface area (Å²) in [6, 6.07) is 8.96. The first kappa shape index (κ1) is 13.9. The number of aromatic amines is 1. The van der Waals surface area contributed by atoms with E-state index in [2.05, 4.69) is 20.0 Å². The van der Waals surface area contributed by atoms with E-state index in [4.69, 9.17) is 0 Å². The van der Waals surface area contributed by atoms with Gasteiger partial charge in [0.2, 0.25) is 0 Å². The van der Waals surface area contributed by atoms with E-state index in [1.165, 1.54) is 24.1 Å². The predicted molar refractivity (Wildman–Crippen MR) is 82.6 cm³/mol. The summed E-state index contributed by atoms with van der Waals surface area (Å²) in [4.78, 5) is 5.07. The van der Waals surface area contributed by atoms with Crippen LogP contribution < -0.4 is 0 Å². The van der Waals surface area contributed by atoms with Crippen molar-refractivity contribution in [3.63, 3.8) is 0 Å². The lowest BCUT2D eigenvalue weighted by molar-refractivity contribution is -0.0146. The Kier molecular flexibility index (Phi) is 3.47. The summed E-state index contributed by atoms with van der Waals surface area (Å²) < 4.78 is 13.0. The van der Waals surface area contributed by atoms with Crippen LogP contribution in [-0.2, 0) is 13.1 Å². The molecule has 0 aliphatic carbocycles. The highest BCUT2D eigenvalue weighted by atomic mass is 19.1. The lowest BCUT2D eigenvalue weighted by Gasteiger charge is -2.51. The maximum absolute atomic E-state index is 13.0. The second-order valence-electron chi connectivity index (χ2n) is 6.56. The fourth-order valence-corrected chi connectivity index (χ4v) is 3.79. The summed E-state index contributed by atoms with van der Waals surface area (Å²) in [6.07, 6.45) is 4.31. The number of halogens is 1. The number of hydrogen-bond donors (Lipinski definition) is 1. The number of H-pyrrole nitrogens is 1. The van der Waals surface area contributed by atoms with Gasteiger partial charge in [-0.2, -0.15) is 5.10 Å². The quantitative estimate of drug-likeness (QED) is 0.942. The summed E-state index contributed by atoms with van der Waals surface area (Å²) in [5.74, 6) is -0.159. The second kappa shape index (κ2) is 5.48. The normalized spacial score (nSPS) is 25.7. The van der Waals surface area contributed by atoms with Crippen molar-refractivity contribution in [2.45, 2.75) is 31.5 Å². The molecule has 1 N–H and O–H groups in total. The van der Waals surface area contributed by atoms with Gasteiger partial charge in [0.1, 0.15) is 5.82 Å². The maximum Gasteiger partial charge on any atom is 0.123 e. The number of nitrogens with one attached hydrogen (secondary N) is 1. The van der Waals surface area contributed by atoms with Crippen molar-refractivity contribution in [1.82, 2.24) is 20.0 Å². The zero-order valence-electron chi connectivity index (χ0n) is 12.6. The molecule has 0 amide bonds. The molecular weight excluding hydrogens is 279 g/mol. The first-order valence-corrected chi connectivity index (χ1v) is 7.94. The summed E-state index contributed by atoms with van der Waals surface area (Å²) in [7, 11) is 0. The van der Waals surface area contributed by atoms with Crippen LogP contribution in [0.3, 0.4) is 0 Å². The van der Waals surface area contributed by atoms with Gasteiger partial charge in [0.25, 0.3) is 0 Å². The molecule has 5 heteroatoms. The first-order chi connectivity index (χ1) is 10.7. The Morgan fingerprint density at radius 3 is 2.59 bits per heavy atom. The van der Waals surface area contributed by atoms with Gasteiger partial charge < -0.3 is 0 Å². The van der Waals surface area contributed by atoms with Crippen LogP contribution in [0.25, 0.3) is 0 Å². The highest BCUT2D eigenvalue weighted by molar-refractivity contribution is 5.18. The molecule has 2 saturated heterocycles. The molecule has 2 fully saturated rings. The van der Waals surface area contributed by atoms with Crippen molar-refractivity contribution >= 4 is 0 Å². The molecule has 2 aliphatic heterocycles. The van der Waals surface area contributed by atoms with Crippen molar-refractivity contribution in [2.75, 3.05) is 19.6 Å². The van der Waals surface area contributed by atoms with Gasteiger partial charge >= 0.3 is 0 Å². The minimum atomic E-state index is -0.159. The van der Waals surface area contributed by atoms with E-state index < -0.39 is 0 Å². The molecule has 0 unspecified atom stereocenters. The molecule has 4 rings (SSSR count). The Balaban J connectivity index is 1.39. The molecule has 3 heterocycles. The van der Waals surface area contributed by atoms with Crippen molar-refractivity contribution in [1.29, 1.82) is 0 Å². The topological polar surface area (TPSA) is 35.2 Å². The molecule has 4 nitrogen and oxygen atoms in total. The number of nitrogens with zero attached hydrogens (tertiary/aromatic N) is 3. The van der Waals surface area contributed by atoms with Crippen molar-refractivity contribution in [2.24, 2.45) is 0 Å². The summed E-state index contributed by atoms with van der Waals surface area (Å²) in [5, 5.41) is 7.06. The third-order valence-electron chi connectivity index (χ3n) is 5.17. The summed E-state index contributed by atoms with van der Waals surface area (Å²) in [6.45, 7) is 5.28. The Bertz CT molecular complexity index is 625. The van der Waals surface area contributed by atoms with Gasteiger partial charge in [-0.3, -0.25) is 14.9 Å². The van der Waals surface area contributed by atoms with Crippen LogP contribution in [0.2, 0.25) is 0 Å². The number of likely N-dealkylation sites (tertiary alicyclic amines) is 2. The lowest BCUT2D eigenvalue weighted by atomic mass is 9.83. The van der Waals surface area contributed by atoms with Gasteiger partial charge in [0.05, 0.1) is 0 Å². The lowest BCUT2D eigenvalue weighted by Crippen LogP contribution is -2.60. The van der Waals surface area contributed by atoms with E-state index in [0.29, 0.717) is 5.54 Å². The molecule has 1 aromatic heterocycles. The highest BCUT2D eigenvalue weighted by Gasteiger charge is 2.48. The molecule has 0 bridgehead atoms. The van der Waals surface area contributed by atoms with Gasteiger partial charge in [-0.05, 0) is 36.6 Å². The zero-order valence-corrected chi connectivity index (χ0v) is 12.6. The van der Waals surface area contributed by atoms with E-state index in [0.717, 1.165) is 32.7 Å². The highest BCUT2D eigenvalue weighted by Crippen LogP contribution is 2.40. The van der Waals surface area contributed by atoms with Gasteiger partial charge in [0, 0.05) is 50.2 Å². The van der Waals surface area contributed by atoms with E-state index in [-0.39, 0.29) is 5.82 Å². The Labute approximate surface area is 129 Å². The maximum atomic E-state index is 13.0. The van der Waals surface area contributed by atoms with E-state index in [9.17, 15) is 4.39 Å². The molecule has 116 valence electrons. The van der Waals surface area contributed by atoms with E-state index in [1.54, 1.807) is 12.1 Å². The predicted octanol–water partition coefficient (Wildman–Crippen LogP) is 2.40. The molecule has 1 atom stereocenters. The van der Waals surface area contributed by atoms with Crippen LogP contribution >= 0.6 is 0 Å². The third kappa shape index (κ3) is 2.55. The number of rotatable bonds is 4. The largest absolute Gasteiger partial charge is 0.296 e. The molecule has 0 radical (unpaired) electrons. The second-order valence-corrected chi connectivity index (χ2v) is 6.56. The average Bonchev–Trinajstić information content (AvgIpc) is 3.17. The van der Waals surface area contributed by atoms with Gasteiger partial charge in [-0.1, -0.05) is 12.1 Å². The van der Waals surface area contributed by atoms with Crippen LogP contribution in [0.15, 0.2) is 36.5 Å². The smallest absolute Gasteiger partial charge is 0.123 e. The third-order valence-corrected chi connectivity index (χ3v) is 5.17. The number of aromatic nitrogens is 2. The van der Waals surface area contributed by atoms with Crippen LogP contribution in [0.5, 0.6) is 0 Å². The zero-order chi connectivity index (χ0) is 15.0. The Morgan fingerprint density at radius 2 is 1.91 bits per heavy atom. The van der Waals surface area contributed by atoms with Gasteiger partial charge in [-0.25, -0.2) is 4.39 Å².